The first-order chi connectivity index (χ1) is 10.3. The number of hydrogen-bond donors (Lipinski definition) is 4. The van der Waals surface area contributed by atoms with Gasteiger partial charge in [-0.25, -0.2) is 8.70 Å². The Hall–Kier alpha value is -1.61. The summed E-state index contributed by atoms with van der Waals surface area (Å²) < 4.78 is 39.8. The van der Waals surface area contributed by atoms with Gasteiger partial charge in [0.15, 0.2) is 5.76 Å². The summed E-state index contributed by atoms with van der Waals surface area (Å²) in [5.41, 5.74) is 0.164. The van der Waals surface area contributed by atoms with E-state index in [0.717, 1.165) is 10.4 Å². The first kappa shape index (κ1) is 15.3. The summed E-state index contributed by atoms with van der Waals surface area (Å²) in [7, 11) is -3.09. The summed E-state index contributed by atoms with van der Waals surface area (Å²) in [6.45, 7) is 0.261. The van der Waals surface area contributed by atoms with Gasteiger partial charge in [-0.05, 0) is 24.6 Å². The van der Waals surface area contributed by atoms with Crippen LogP contribution in [0.2, 0.25) is 5.02 Å². The van der Waals surface area contributed by atoms with Crippen LogP contribution in [0.4, 0.5) is 10.3 Å². The van der Waals surface area contributed by atoms with Crippen LogP contribution >= 0.6 is 22.4 Å². The van der Waals surface area contributed by atoms with Gasteiger partial charge in [0, 0.05) is 12.1 Å². The van der Waals surface area contributed by atoms with Crippen molar-refractivity contribution in [3.8, 4) is 22.8 Å². The van der Waals surface area contributed by atoms with Crippen LogP contribution in [0.5, 0.6) is 11.5 Å². The third-order valence-corrected chi connectivity index (χ3v) is 5.58. The topological polar surface area (TPSA) is 97.3 Å². The van der Waals surface area contributed by atoms with E-state index in [0.29, 0.717) is 6.42 Å². The number of rotatable bonds is 2. The summed E-state index contributed by atoms with van der Waals surface area (Å²) in [4.78, 5) is 0. The standard InChI is InChI=1S/C13H13ClFNO5S/c14-8-3-2-7(6-9(8)15)12-10(17)11(18)13(21-12)16-4-1-5-22(16,19)20/h2-3,6,17-20H,1,4-5H2. The molecule has 1 aromatic carbocycles. The molecule has 0 radical (unpaired) electrons. The van der Waals surface area contributed by atoms with Crippen LogP contribution in [0.15, 0.2) is 22.6 Å². The summed E-state index contributed by atoms with van der Waals surface area (Å²) in [5.74, 6) is -2.20. The fourth-order valence-corrected chi connectivity index (χ4v) is 3.96. The molecule has 9 heteroatoms. The lowest BCUT2D eigenvalue weighted by molar-refractivity contribution is 0.409. The molecule has 2 aromatic rings. The van der Waals surface area contributed by atoms with E-state index in [1.165, 1.54) is 12.1 Å². The Labute approximate surface area is 131 Å². The van der Waals surface area contributed by atoms with Crippen molar-refractivity contribution in [1.29, 1.82) is 0 Å². The number of anilines is 1. The molecule has 1 aromatic heterocycles. The van der Waals surface area contributed by atoms with Gasteiger partial charge >= 0.3 is 0 Å². The summed E-state index contributed by atoms with van der Waals surface area (Å²) >= 11 is 5.60. The zero-order valence-corrected chi connectivity index (χ0v) is 12.7. The molecule has 0 amide bonds. The number of hydrogen-bond acceptors (Lipinski definition) is 6. The van der Waals surface area contributed by atoms with Gasteiger partial charge < -0.3 is 14.6 Å². The minimum atomic E-state index is -3.09. The average Bonchev–Trinajstić information content (AvgIpc) is 2.94. The molecule has 0 saturated carbocycles. The Morgan fingerprint density at radius 3 is 2.55 bits per heavy atom. The van der Waals surface area contributed by atoms with Crippen molar-refractivity contribution in [2.75, 3.05) is 16.6 Å². The van der Waals surface area contributed by atoms with Crippen LogP contribution in [-0.4, -0.2) is 31.6 Å². The molecule has 1 aliphatic heterocycles. The van der Waals surface area contributed by atoms with Crippen molar-refractivity contribution in [3.05, 3.63) is 29.0 Å². The number of benzene rings is 1. The molecule has 1 aliphatic rings. The highest BCUT2D eigenvalue weighted by atomic mass is 35.5. The first-order valence-electron chi connectivity index (χ1n) is 6.35. The molecule has 1 fully saturated rings. The Balaban J connectivity index is 2.08. The Morgan fingerprint density at radius 1 is 1.23 bits per heavy atom. The van der Waals surface area contributed by atoms with Gasteiger partial charge in [-0.1, -0.05) is 11.6 Å². The highest BCUT2D eigenvalue weighted by Gasteiger charge is 2.36. The first-order valence-corrected chi connectivity index (χ1v) is 8.40. The number of halogens is 2. The van der Waals surface area contributed by atoms with Gasteiger partial charge in [-0.2, -0.15) is 0 Å². The summed E-state index contributed by atoms with van der Waals surface area (Å²) in [5, 5.41) is 19.9. The highest BCUT2D eigenvalue weighted by Crippen LogP contribution is 2.57. The van der Waals surface area contributed by atoms with Crippen LogP contribution in [-0.2, 0) is 0 Å². The lowest BCUT2D eigenvalue weighted by Crippen LogP contribution is -2.21. The van der Waals surface area contributed by atoms with Crippen LogP contribution in [0.25, 0.3) is 11.3 Å². The predicted octanol–water partition coefficient (Wildman–Crippen LogP) is 4.03. The van der Waals surface area contributed by atoms with E-state index in [1.807, 2.05) is 0 Å². The lowest BCUT2D eigenvalue weighted by Gasteiger charge is -2.35. The van der Waals surface area contributed by atoms with E-state index in [4.69, 9.17) is 16.0 Å². The Morgan fingerprint density at radius 2 is 1.95 bits per heavy atom. The zero-order valence-electron chi connectivity index (χ0n) is 11.2. The van der Waals surface area contributed by atoms with Crippen molar-refractivity contribution < 1.29 is 28.1 Å². The summed E-state index contributed by atoms with van der Waals surface area (Å²) in [6.07, 6.45) is 0.508. The Kier molecular flexibility index (Phi) is 3.64. The largest absolute Gasteiger partial charge is 0.502 e. The van der Waals surface area contributed by atoms with Crippen molar-refractivity contribution in [3.63, 3.8) is 0 Å². The molecule has 6 nitrogen and oxygen atoms in total. The molecular formula is C13H13ClFNO5S. The molecule has 0 bridgehead atoms. The van der Waals surface area contributed by atoms with Crippen molar-refractivity contribution >= 4 is 28.3 Å². The molecule has 1 saturated heterocycles. The third-order valence-electron chi connectivity index (χ3n) is 3.38. The molecule has 0 unspecified atom stereocenters. The number of aromatic hydroxyl groups is 2. The second-order valence-corrected chi connectivity index (χ2v) is 7.38. The SMILES string of the molecule is Oc1c(-c2ccc(Cl)c(F)c2)oc(N2CCCS2(O)O)c1O. The Bertz CT molecular complexity index is 735. The smallest absolute Gasteiger partial charge is 0.261 e. The zero-order chi connectivity index (χ0) is 16.1. The quantitative estimate of drug-likeness (QED) is 0.653. The van der Waals surface area contributed by atoms with Crippen molar-refractivity contribution in [2.24, 2.45) is 0 Å². The molecule has 22 heavy (non-hydrogen) atoms. The van der Waals surface area contributed by atoms with E-state index < -0.39 is 28.1 Å². The third kappa shape index (κ3) is 2.38. The molecule has 0 spiro atoms. The second kappa shape index (κ2) is 5.24. The second-order valence-electron chi connectivity index (χ2n) is 4.85. The van der Waals surface area contributed by atoms with Crippen LogP contribution in [0.3, 0.4) is 0 Å². The maximum absolute atomic E-state index is 13.5. The lowest BCUT2D eigenvalue weighted by atomic mass is 10.1. The van der Waals surface area contributed by atoms with E-state index in [-0.39, 0.29) is 34.5 Å². The van der Waals surface area contributed by atoms with Crippen LogP contribution in [0, 0.1) is 5.82 Å². The van der Waals surface area contributed by atoms with Crippen molar-refractivity contribution in [2.45, 2.75) is 6.42 Å². The molecule has 3 rings (SSSR count). The monoisotopic (exact) mass is 349 g/mol. The number of furan rings is 1. The maximum Gasteiger partial charge on any atom is 0.261 e. The van der Waals surface area contributed by atoms with E-state index in [2.05, 4.69) is 0 Å². The molecular weight excluding hydrogens is 337 g/mol. The normalized spacial score (nSPS) is 18.6. The van der Waals surface area contributed by atoms with E-state index in [1.54, 1.807) is 0 Å². The minimum absolute atomic E-state index is 0.0898. The fourth-order valence-electron chi connectivity index (χ4n) is 2.30. The minimum Gasteiger partial charge on any atom is -0.502 e. The van der Waals surface area contributed by atoms with Crippen molar-refractivity contribution in [1.82, 2.24) is 0 Å². The number of nitrogens with zero attached hydrogens (tertiary/aromatic N) is 1. The maximum atomic E-state index is 13.5. The van der Waals surface area contributed by atoms with Gasteiger partial charge in [0.2, 0.25) is 11.5 Å². The van der Waals surface area contributed by atoms with Gasteiger partial charge in [0.1, 0.15) is 5.82 Å². The molecule has 2 heterocycles. The molecule has 120 valence electrons. The van der Waals surface area contributed by atoms with E-state index >= 15 is 0 Å². The fraction of sp³-hybridized carbons (Fsp3) is 0.231. The van der Waals surface area contributed by atoms with Gasteiger partial charge in [-0.3, -0.25) is 9.11 Å². The van der Waals surface area contributed by atoms with Gasteiger partial charge in [-0.15, -0.1) is 10.8 Å². The van der Waals surface area contributed by atoms with Crippen LogP contribution < -0.4 is 4.31 Å². The summed E-state index contributed by atoms with van der Waals surface area (Å²) in [6, 6.07) is 3.75. The predicted molar refractivity (Wildman–Crippen MR) is 82.1 cm³/mol. The molecule has 0 aliphatic carbocycles. The van der Waals surface area contributed by atoms with E-state index in [9.17, 15) is 23.7 Å². The van der Waals surface area contributed by atoms with Gasteiger partial charge in [0.05, 0.1) is 10.8 Å². The van der Waals surface area contributed by atoms with Crippen LogP contribution in [0.1, 0.15) is 6.42 Å². The molecule has 4 N–H and O–H groups in total. The molecule has 0 atom stereocenters. The average molecular weight is 350 g/mol. The van der Waals surface area contributed by atoms with Gasteiger partial charge in [0.25, 0.3) is 5.88 Å². The highest BCUT2D eigenvalue weighted by molar-refractivity contribution is 8.25.